The van der Waals surface area contributed by atoms with Gasteiger partial charge in [-0.15, -0.1) is 0 Å². The fourth-order valence-electron chi connectivity index (χ4n) is 2.65. The zero-order chi connectivity index (χ0) is 13.8. The van der Waals surface area contributed by atoms with Crippen LogP contribution in [0.3, 0.4) is 0 Å². The smallest absolute Gasteiger partial charge is 0.312 e. The summed E-state index contributed by atoms with van der Waals surface area (Å²) in [5, 5.41) is 0. The highest BCUT2D eigenvalue weighted by atomic mass is 16.6. The molecule has 0 N–H and O–H groups in total. The number of ether oxygens (including phenoxy) is 1. The van der Waals surface area contributed by atoms with Crippen molar-refractivity contribution in [2.45, 2.75) is 85.2 Å². The van der Waals surface area contributed by atoms with Gasteiger partial charge < -0.3 is 4.74 Å². The molecule has 1 aliphatic carbocycles. The minimum Gasteiger partial charge on any atom is -0.459 e. The second-order valence-electron chi connectivity index (χ2n) is 6.63. The second kappa shape index (κ2) is 6.08. The molecule has 18 heavy (non-hydrogen) atoms. The first-order chi connectivity index (χ1) is 8.35. The van der Waals surface area contributed by atoms with Gasteiger partial charge in [0.15, 0.2) is 0 Å². The lowest BCUT2D eigenvalue weighted by Crippen LogP contribution is -2.43. The van der Waals surface area contributed by atoms with Crippen LogP contribution in [0.15, 0.2) is 0 Å². The molecule has 1 atom stereocenters. The highest BCUT2D eigenvalue weighted by Crippen LogP contribution is 2.38. The van der Waals surface area contributed by atoms with Crippen LogP contribution in [0.25, 0.3) is 0 Å². The summed E-state index contributed by atoms with van der Waals surface area (Å²) < 4.78 is 5.94. The van der Waals surface area contributed by atoms with E-state index in [9.17, 15) is 4.79 Å². The Hall–Kier alpha value is -0.530. The Morgan fingerprint density at radius 3 is 2.06 bits per heavy atom. The van der Waals surface area contributed by atoms with Crippen molar-refractivity contribution < 1.29 is 9.53 Å². The van der Waals surface area contributed by atoms with E-state index in [0.717, 1.165) is 12.8 Å². The molecule has 2 heteroatoms. The molecule has 2 nitrogen and oxygen atoms in total. The van der Waals surface area contributed by atoms with E-state index in [4.69, 9.17) is 4.74 Å². The summed E-state index contributed by atoms with van der Waals surface area (Å²) in [6, 6.07) is 0. The fourth-order valence-corrected chi connectivity index (χ4v) is 2.65. The molecule has 1 aliphatic rings. The van der Waals surface area contributed by atoms with Crippen LogP contribution < -0.4 is 0 Å². The molecular weight excluding hydrogens is 224 g/mol. The lowest BCUT2D eigenvalue weighted by molar-refractivity contribution is -0.177. The zero-order valence-corrected chi connectivity index (χ0v) is 12.8. The van der Waals surface area contributed by atoms with Crippen LogP contribution in [0.5, 0.6) is 0 Å². The molecule has 1 saturated carbocycles. The van der Waals surface area contributed by atoms with E-state index >= 15 is 0 Å². The first-order valence-corrected chi connectivity index (χ1v) is 7.59. The third kappa shape index (κ3) is 3.49. The highest BCUT2D eigenvalue weighted by Gasteiger charge is 2.40. The molecule has 1 fully saturated rings. The lowest BCUT2D eigenvalue weighted by Gasteiger charge is -2.40. The molecule has 106 valence electrons. The van der Waals surface area contributed by atoms with Gasteiger partial charge >= 0.3 is 5.97 Å². The summed E-state index contributed by atoms with van der Waals surface area (Å²) in [4.78, 5) is 12.3. The Kier molecular flexibility index (Phi) is 5.24. The van der Waals surface area contributed by atoms with Gasteiger partial charge in [0.05, 0.1) is 5.41 Å². The van der Waals surface area contributed by atoms with E-state index in [1.165, 1.54) is 32.1 Å². The van der Waals surface area contributed by atoms with Crippen LogP contribution in [0.4, 0.5) is 0 Å². The largest absolute Gasteiger partial charge is 0.459 e. The van der Waals surface area contributed by atoms with Crippen molar-refractivity contribution in [3.8, 4) is 0 Å². The van der Waals surface area contributed by atoms with E-state index in [1.807, 2.05) is 20.8 Å². The molecule has 0 aromatic heterocycles. The van der Waals surface area contributed by atoms with Gasteiger partial charge in [-0.25, -0.2) is 0 Å². The van der Waals surface area contributed by atoms with Gasteiger partial charge in [0.2, 0.25) is 0 Å². The summed E-state index contributed by atoms with van der Waals surface area (Å²) in [7, 11) is 0. The predicted octanol–water partition coefficient (Wildman–Crippen LogP) is 4.71. The van der Waals surface area contributed by atoms with Crippen LogP contribution in [-0.2, 0) is 9.53 Å². The number of carbonyl (C=O) groups is 1. The normalized spacial score (nSPS) is 21.4. The number of hydrogen-bond acceptors (Lipinski definition) is 2. The fraction of sp³-hybridized carbons (Fsp3) is 0.938. The van der Waals surface area contributed by atoms with Crippen LogP contribution in [0.2, 0.25) is 0 Å². The molecule has 0 amide bonds. The number of esters is 1. The molecule has 0 spiro atoms. The highest BCUT2D eigenvalue weighted by molar-refractivity contribution is 5.76. The Bertz CT molecular complexity index is 277. The molecule has 1 rings (SSSR count). The molecule has 1 unspecified atom stereocenters. The van der Waals surface area contributed by atoms with Crippen molar-refractivity contribution in [2.75, 3.05) is 0 Å². The van der Waals surface area contributed by atoms with Crippen molar-refractivity contribution in [1.82, 2.24) is 0 Å². The molecule has 0 radical (unpaired) electrons. The molecule has 0 bridgehead atoms. The topological polar surface area (TPSA) is 26.3 Å². The average molecular weight is 254 g/mol. The quantitative estimate of drug-likeness (QED) is 0.664. The zero-order valence-electron chi connectivity index (χ0n) is 12.8. The maximum atomic E-state index is 12.3. The number of carbonyl (C=O) groups excluding carboxylic acids is 1. The Morgan fingerprint density at radius 2 is 1.61 bits per heavy atom. The average Bonchev–Trinajstić information content (AvgIpc) is 2.39. The van der Waals surface area contributed by atoms with Gasteiger partial charge in [-0.05, 0) is 52.4 Å². The third-order valence-electron chi connectivity index (χ3n) is 4.93. The minimum absolute atomic E-state index is 0.0278. The Morgan fingerprint density at radius 1 is 1.06 bits per heavy atom. The third-order valence-corrected chi connectivity index (χ3v) is 4.93. The van der Waals surface area contributed by atoms with Crippen molar-refractivity contribution in [1.29, 1.82) is 0 Å². The van der Waals surface area contributed by atoms with E-state index in [2.05, 4.69) is 13.8 Å². The van der Waals surface area contributed by atoms with Gasteiger partial charge in [0.1, 0.15) is 5.60 Å². The number of hydrogen-bond donors (Lipinski definition) is 0. The molecule has 0 aromatic rings. The van der Waals surface area contributed by atoms with Crippen molar-refractivity contribution in [2.24, 2.45) is 11.3 Å². The summed E-state index contributed by atoms with van der Waals surface area (Å²) >= 11 is 0. The monoisotopic (exact) mass is 254 g/mol. The standard InChI is InChI=1S/C16H30O2/c1-6-15(3,4)14(17)18-16(5,7-2)13-11-9-8-10-12-13/h13H,6-12H2,1-5H3. The van der Waals surface area contributed by atoms with Crippen molar-refractivity contribution in [3.05, 3.63) is 0 Å². The first-order valence-electron chi connectivity index (χ1n) is 7.59. The van der Waals surface area contributed by atoms with Gasteiger partial charge in [-0.1, -0.05) is 33.1 Å². The molecule has 0 heterocycles. The lowest BCUT2D eigenvalue weighted by atomic mass is 9.76. The molecule has 0 aromatic carbocycles. The van der Waals surface area contributed by atoms with E-state index in [0.29, 0.717) is 5.92 Å². The maximum absolute atomic E-state index is 12.3. The maximum Gasteiger partial charge on any atom is 0.312 e. The second-order valence-corrected chi connectivity index (χ2v) is 6.63. The molecule has 0 saturated heterocycles. The summed E-state index contributed by atoms with van der Waals surface area (Å²) in [6.45, 7) is 10.3. The van der Waals surface area contributed by atoms with Crippen LogP contribution in [-0.4, -0.2) is 11.6 Å². The van der Waals surface area contributed by atoms with E-state index in [1.54, 1.807) is 0 Å². The van der Waals surface area contributed by atoms with E-state index < -0.39 is 0 Å². The van der Waals surface area contributed by atoms with Gasteiger partial charge in [-0.2, -0.15) is 0 Å². The van der Waals surface area contributed by atoms with Gasteiger partial charge in [0.25, 0.3) is 0 Å². The minimum atomic E-state index is -0.356. The van der Waals surface area contributed by atoms with Gasteiger partial charge in [-0.3, -0.25) is 4.79 Å². The van der Waals surface area contributed by atoms with Crippen LogP contribution >= 0.6 is 0 Å². The first kappa shape index (κ1) is 15.5. The van der Waals surface area contributed by atoms with Crippen molar-refractivity contribution >= 4 is 5.97 Å². The van der Waals surface area contributed by atoms with E-state index in [-0.39, 0.29) is 17.0 Å². The summed E-state index contributed by atoms with van der Waals surface area (Å²) in [5.41, 5.74) is -0.616. The summed E-state index contributed by atoms with van der Waals surface area (Å²) in [6.07, 6.45) is 8.09. The van der Waals surface area contributed by atoms with Gasteiger partial charge in [0, 0.05) is 0 Å². The Labute approximate surface area is 112 Å². The predicted molar refractivity (Wildman–Crippen MR) is 75.4 cm³/mol. The molecular formula is C16H30O2. The number of rotatable bonds is 5. The SMILES string of the molecule is CCC(C)(C)C(=O)OC(C)(CC)C1CCCCC1. The van der Waals surface area contributed by atoms with Crippen molar-refractivity contribution in [3.63, 3.8) is 0 Å². The molecule has 0 aliphatic heterocycles. The van der Waals surface area contributed by atoms with Crippen LogP contribution in [0.1, 0.15) is 79.6 Å². The van der Waals surface area contributed by atoms with Crippen LogP contribution in [0, 0.1) is 11.3 Å². The Balaban J connectivity index is 2.72. The summed E-state index contributed by atoms with van der Waals surface area (Å²) in [5.74, 6) is 0.521.